The highest BCUT2D eigenvalue weighted by molar-refractivity contribution is 6.03. The Bertz CT molecular complexity index is 632. The van der Waals surface area contributed by atoms with Crippen molar-refractivity contribution in [2.75, 3.05) is 26.2 Å². The fourth-order valence-corrected chi connectivity index (χ4v) is 3.57. The maximum atomic E-state index is 12.3. The summed E-state index contributed by atoms with van der Waals surface area (Å²) in [6, 6.07) is -0.450. The average molecular weight is 348 g/mol. The number of nitrogens with zero attached hydrogens (tertiary/aromatic N) is 3. The number of aromatic amines is 1. The van der Waals surface area contributed by atoms with E-state index >= 15 is 0 Å². The number of amides is 4. The first-order valence-corrected chi connectivity index (χ1v) is 8.63. The van der Waals surface area contributed by atoms with Crippen LogP contribution in [0.4, 0.5) is 4.79 Å². The molecule has 2 atom stereocenters. The van der Waals surface area contributed by atoms with Crippen LogP contribution in [0.5, 0.6) is 0 Å². The van der Waals surface area contributed by atoms with Crippen LogP contribution in [-0.4, -0.2) is 69.8 Å². The Kier molecular flexibility index (Phi) is 5.32. The summed E-state index contributed by atoms with van der Waals surface area (Å²) in [5.41, 5.74) is 1.05. The first-order chi connectivity index (χ1) is 12.0. The summed E-state index contributed by atoms with van der Waals surface area (Å²) >= 11 is 0. The smallest absolute Gasteiger partial charge is 0.325 e. The molecule has 0 unspecified atom stereocenters. The van der Waals surface area contributed by atoms with Crippen molar-refractivity contribution in [3.63, 3.8) is 0 Å². The molecule has 3 heterocycles. The summed E-state index contributed by atoms with van der Waals surface area (Å²) in [6.07, 6.45) is 5.56. The van der Waals surface area contributed by atoms with Gasteiger partial charge in [-0.15, -0.1) is 0 Å². The van der Waals surface area contributed by atoms with Crippen LogP contribution in [0.2, 0.25) is 0 Å². The molecule has 4 amide bonds. The molecule has 136 valence electrons. The Balaban J connectivity index is 1.54. The number of imide groups is 1. The molecule has 25 heavy (non-hydrogen) atoms. The highest BCUT2D eigenvalue weighted by Crippen LogP contribution is 2.23. The van der Waals surface area contributed by atoms with Gasteiger partial charge in [0.1, 0.15) is 13.1 Å². The van der Waals surface area contributed by atoms with E-state index in [1.54, 1.807) is 6.33 Å². The van der Waals surface area contributed by atoms with E-state index in [2.05, 4.69) is 32.4 Å². The van der Waals surface area contributed by atoms with Crippen LogP contribution < -0.4 is 10.6 Å². The average Bonchev–Trinajstić information content (AvgIpc) is 3.24. The second-order valence-electron chi connectivity index (χ2n) is 6.70. The molecule has 0 radical (unpaired) electrons. The fraction of sp³-hybridized carbons (Fsp3) is 0.625. The molecular weight excluding hydrogens is 324 g/mol. The largest absolute Gasteiger partial charge is 0.350 e. The van der Waals surface area contributed by atoms with Crippen LogP contribution >= 0.6 is 0 Å². The van der Waals surface area contributed by atoms with Crippen LogP contribution in [0.25, 0.3) is 0 Å². The number of aromatic nitrogens is 2. The molecular formula is C16H24N6O3. The van der Waals surface area contributed by atoms with Crippen molar-refractivity contribution in [3.8, 4) is 0 Å². The van der Waals surface area contributed by atoms with Crippen molar-refractivity contribution in [2.45, 2.75) is 32.4 Å². The van der Waals surface area contributed by atoms with Gasteiger partial charge >= 0.3 is 6.03 Å². The molecule has 2 aliphatic heterocycles. The lowest BCUT2D eigenvalue weighted by atomic mass is 9.98. The first kappa shape index (κ1) is 17.4. The number of likely N-dealkylation sites (tertiary alicyclic amines) is 1. The lowest BCUT2D eigenvalue weighted by Crippen LogP contribution is -2.46. The minimum absolute atomic E-state index is 0.0525. The number of imidazole rings is 1. The summed E-state index contributed by atoms with van der Waals surface area (Å²) in [6.45, 7) is 4.45. The summed E-state index contributed by atoms with van der Waals surface area (Å²) in [5.74, 6) is -0.210. The fourth-order valence-electron chi connectivity index (χ4n) is 3.57. The quantitative estimate of drug-likeness (QED) is 0.585. The molecule has 3 rings (SSSR count). The second kappa shape index (κ2) is 7.64. The van der Waals surface area contributed by atoms with Crippen LogP contribution in [-0.2, 0) is 16.1 Å². The number of rotatable bonds is 7. The predicted molar refractivity (Wildman–Crippen MR) is 89.3 cm³/mol. The molecule has 2 aliphatic rings. The lowest BCUT2D eigenvalue weighted by Gasteiger charge is -2.21. The van der Waals surface area contributed by atoms with Gasteiger partial charge in [-0.1, -0.05) is 13.3 Å². The maximum Gasteiger partial charge on any atom is 0.325 e. The van der Waals surface area contributed by atoms with Gasteiger partial charge in [0.05, 0.1) is 6.33 Å². The monoisotopic (exact) mass is 348 g/mol. The molecule has 1 aromatic rings. The van der Waals surface area contributed by atoms with Crippen LogP contribution in [0.15, 0.2) is 12.5 Å². The van der Waals surface area contributed by atoms with Crippen molar-refractivity contribution >= 4 is 17.8 Å². The summed E-state index contributed by atoms with van der Waals surface area (Å²) < 4.78 is 0. The van der Waals surface area contributed by atoms with E-state index in [9.17, 15) is 14.4 Å². The molecule has 9 heteroatoms. The van der Waals surface area contributed by atoms with E-state index in [-0.39, 0.29) is 30.9 Å². The van der Waals surface area contributed by atoms with Gasteiger partial charge in [0, 0.05) is 37.6 Å². The molecule has 9 nitrogen and oxygen atoms in total. The standard InChI is InChI=1S/C16H24N6O3/c1-2-3-11-5-21(6-12-4-17-10-18-12)7-13(11)19-14(23)8-22-9-15(24)20-16(22)25/h4,10-11,13H,2-3,5-9H2,1H3,(H,17,18)(H,19,23)(H,20,24,25)/t11-,13-/m1/s1. The maximum absolute atomic E-state index is 12.3. The van der Waals surface area contributed by atoms with Crippen molar-refractivity contribution in [2.24, 2.45) is 5.92 Å². The normalized spacial score (nSPS) is 24.0. The molecule has 1 aromatic heterocycles. The topological polar surface area (TPSA) is 110 Å². The van der Waals surface area contributed by atoms with Crippen molar-refractivity contribution in [1.82, 2.24) is 30.4 Å². The van der Waals surface area contributed by atoms with E-state index in [0.717, 1.165) is 38.2 Å². The van der Waals surface area contributed by atoms with Gasteiger partial charge in [0.2, 0.25) is 11.8 Å². The Morgan fingerprint density at radius 2 is 2.24 bits per heavy atom. The highest BCUT2D eigenvalue weighted by Gasteiger charge is 2.34. The van der Waals surface area contributed by atoms with Crippen LogP contribution in [0.1, 0.15) is 25.5 Å². The van der Waals surface area contributed by atoms with Gasteiger partial charge < -0.3 is 15.2 Å². The van der Waals surface area contributed by atoms with Crippen LogP contribution in [0.3, 0.4) is 0 Å². The summed E-state index contributed by atoms with van der Waals surface area (Å²) in [5, 5.41) is 5.22. The molecule has 3 N–H and O–H groups in total. The number of hydrogen-bond acceptors (Lipinski definition) is 5. The van der Waals surface area contributed by atoms with Crippen molar-refractivity contribution in [1.29, 1.82) is 0 Å². The molecule has 0 spiro atoms. The molecule has 0 aliphatic carbocycles. The zero-order valence-corrected chi connectivity index (χ0v) is 14.3. The minimum atomic E-state index is -0.502. The number of carbonyl (C=O) groups is 3. The number of hydrogen-bond donors (Lipinski definition) is 3. The van der Waals surface area contributed by atoms with Gasteiger partial charge in [0.15, 0.2) is 0 Å². The Hall–Kier alpha value is -2.42. The van der Waals surface area contributed by atoms with E-state index < -0.39 is 6.03 Å². The lowest BCUT2D eigenvalue weighted by molar-refractivity contribution is -0.122. The van der Waals surface area contributed by atoms with E-state index in [1.165, 1.54) is 4.90 Å². The zero-order valence-electron chi connectivity index (χ0n) is 14.3. The Morgan fingerprint density at radius 3 is 2.88 bits per heavy atom. The highest BCUT2D eigenvalue weighted by atomic mass is 16.2. The third kappa shape index (κ3) is 4.36. The SMILES string of the molecule is CCC[C@@H]1CN(Cc2cnc[nH]2)C[C@H]1NC(=O)CN1CC(=O)NC1=O. The van der Waals surface area contributed by atoms with E-state index in [1.807, 2.05) is 6.20 Å². The molecule has 0 saturated carbocycles. The molecule has 2 saturated heterocycles. The third-order valence-corrected chi connectivity index (χ3v) is 4.67. The first-order valence-electron chi connectivity index (χ1n) is 8.63. The van der Waals surface area contributed by atoms with Crippen LogP contribution in [0, 0.1) is 5.92 Å². The van der Waals surface area contributed by atoms with E-state index in [0.29, 0.717) is 5.92 Å². The van der Waals surface area contributed by atoms with Gasteiger partial charge in [-0.05, 0) is 12.3 Å². The number of H-pyrrole nitrogens is 1. The minimum Gasteiger partial charge on any atom is -0.350 e. The second-order valence-corrected chi connectivity index (χ2v) is 6.70. The van der Waals surface area contributed by atoms with Gasteiger partial charge in [-0.3, -0.25) is 19.8 Å². The number of urea groups is 1. The van der Waals surface area contributed by atoms with E-state index in [4.69, 9.17) is 0 Å². The summed E-state index contributed by atoms with van der Waals surface area (Å²) in [4.78, 5) is 45.7. The number of nitrogens with one attached hydrogen (secondary N) is 3. The number of carbonyl (C=O) groups excluding carboxylic acids is 3. The van der Waals surface area contributed by atoms with Crippen molar-refractivity contribution < 1.29 is 14.4 Å². The van der Waals surface area contributed by atoms with Gasteiger partial charge in [-0.25, -0.2) is 9.78 Å². The van der Waals surface area contributed by atoms with Gasteiger partial charge in [0.25, 0.3) is 0 Å². The third-order valence-electron chi connectivity index (χ3n) is 4.67. The molecule has 0 bridgehead atoms. The Morgan fingerprint density at radius 1 is 1.40 bits per heavy atom. The summed E-state index contributed by atoms with van der Waals surface area (Å²) in [7, 11) is 0. The Labute approximate surface area is 146 Å². The molecule has 0 aromatic carbocycles. The van der Waals surface area contributed by atoms with Crippen molar-refractivity contribution in [3.05, 3.63) is 18.2 Å². The van der Waals surface area contributed by atoms with Gasteiger partial charge in [-0.2, -0.15) is 0 Å². The molecule has 2 fully saturated rings. The zero-order chi connectivity index (χ0) is 17.8. The predicted octanol–water partition coefficient (Wildman–Crippen LogP) is -0.322.